The smallest absolute Gasteiger partial charge is 0.360 e. The second-order valence-corrected chi connectivity index (χ2v) is 4.85. The zero-order chi connectivity index (χ0) is 13.3. The highest BCUT2D eigenvalue weighted by molar-refractivity contribution is 5.54. The third kappa shape index (κ3) is 2.31. The lowest BCUT2D eigenvalue weighted by Crippen LogP contribution is -2.43. The lowest BCUT2D eigenvalue weighted by atomic mass is 9.91. The number of nitrogens with one attached hydrogen (secondary N) is 1. The average Bonchev–Trinajstić information content (AvgIpc) is 2.60. The monoisotopic (exact) mass is 253 g/mol. The summed E-state index contributed by atoms with van der Waals surface area (Å²) >= 11 is 0. The number of nitro groups is 1. The van der Waals surface area contributed by atoms with Crippen LogP contribution in [0, 0.1) is 17.0 Å². The first-order chi connectivity index (χ1) is 8.50. The fourth-order valence-electron chi connectivity index (χ4n) is 2.40. The van der Waals surface area contributed by atoms with E-state index < -0.39 is 4.92 Å². The Hall–Kier alpha value is -1.63. The number of hydrogen-bond donors (Lipinski definition) is 2. The van der Waals surface area contributed by atoms with E-state index in [1.165, 1.54) is 0 Å². The molecule has 2 unspecified atom stereocenters. The first-order valence-electron chi connectivity index (χ1n) is 6.20. The van der Waals surface area contributed by atoms with E-state index in [2.05, 4.69) is 10.3 Å². The van der Waals surface area contributed by atoms with Crippen molar-refractivity contribution in [2.24, 2.45) is 12.8 Å². The molecule has 1 aliphatic carbocycles. The molecule has 1 saturated carbocycles. The molecule has 7 heteroatoms. The van der Waals surface area contributed by atoms with Crippen LogP contribution in [0.5, 0.6) is 0 Å². The van der Waals surface area contributed by atoms with Gasteiger partial charge in [-0.05, 0) is 22.7 Å². The predicted octanol–water partition coefficient (Wildman–Crippen LogP) is 1.32. The van der Waals surface area contributed by atoms with Crippen LogP contribution in [-0.2, 0) is 7.05 Å². The van der Waals surface area contributed by atoms with E-state index >= 15 is 0 Å². The topological polar surface area (TPSA) is 99.0 Å². The molecule has 1 aromatic heterocycles. The third-order valence-corrected chi connectivity index (χ3v) is 3.61. The average molecular weight is 253 g/mol. The van der Waals surface area contributed by atoms with Gasteiger partial charge in [0.2, 0.25) is 11.6 Å². The van der Waals surface area contributed by atoms with E-state index in [1.807, 2.05) is 0 Å². The fourth-order valence-corrected chi connectivity index (χ4v) is 2.40. The van der Waals surface area contributed by atoms with Crippen LogP contribution in [0.1, 0.15) is 31.5 Å². The summed E-state index contributed by atoms with van der Waals surface area (Å²) in [7, 11) is 1.77. The molecule has 2 rings (SSSR count). The second kappa shape index (κ2) is 4.93. The van der Waals surface area contributed by atoms with Crippen molar-refractivity contribution >= 4 is 11.6 Å². The lowest BCUT2D eigenvalue weighted by Gasteiger charge is -2.29. The molecule has 1 heterocycles. The molecule has 0 spiro atoms. The molecule has 2 atom stereocenters. The highest BCUT2D eigenvalue weighted by Gasteiger charge is 2.29. The summed E-state index contributed by atoms with van der Waals surface area (Å²) in [6.45, 7) is 1.75. The number of imidazole rings is 1. The largest absolute Gasteiger partial charge is 0.406 e. The molecule has 0 saturated heterocycles. The summed E-state index contributed by atoms with van der Waals surface area (Å²) in [6.07, 6.45) is 4.15. The number of nitrogens with zero attached hydrogens (tertiary/aromatic N) is 3. The molecule has 0 amide bonds. The molecular weight excluding hydrogens is 234 g/mol. The van der Waals surface area contributed by atoms with E-state index in [9.17, 15) is 10.1 Å². The summed E-state index contributed by atoms with van der Waals surface area (Å²) in [5.41, 5.74) is 6.05. The van der Waals surface area contributed by atoms with Crippen LogP contribution < -0.4 is 11.1 Å². The Morgan fingerprint density at radius 3 is 2.78 bits per heavy atom. The molecule has 1 aromatic rings. The minimum atomic E-state index is -0.455. The highest BCUT2D eigenvalue weighted by atomic mass is 16.6. The first kappa shape index (κ1) is 12.8. The summed E-state index contributed by atoms with van der Waals surface area (Å²) in [5.74, 6) is 0.959. The number of aryl methyl sites for hydroxylation is 1. The molecule has 0 bridgehead atoms. The predicted molar refractivity (Wildman–Crippen MR) is 68.5 cm³/mol. The van der Waals surface area contributed by atoms with Crippen LogP contribution in [0.25, 0.3) is 0 Å². The Balaban J connectivity index is 2.24. The maximum atomic E-state index is 11.0. The van der Waals surface area contributed by atoms with Gasteiger partial charge in [-0.15, -0.1) is 0 Å². The van der Waals surface area contributed by atoms with E-state index in [4.69, 9.17) is 5.73 Å². The van der Waals surface area contributed by atoms with Crippen molar-refractivity contribution in [3.8, 4) is 0 Å². The maximum absolute atomic E-state index is 11.0. The van der Waals surface area contributed by atoms with Crippen molar-refractivity contribution in [1.29, 1.82) is 0 Å². The minimum absolute atomic E-state index is 0.0496. The number of nitrogens with two attached hydrogens (primary N) is 1. The Labute approximate surface area is 106 Å². The van der Waals surface area contributed by atoms with Crippen LogP contribution >= 0.6 is 0 Å². The Bertz CT molecular complexity index is 457. The fraction of sp³-hybridized carbons (Fsp3) is 0.727. The first-order valence-corrected chi connectivity index (χ1v) is 6.20. The molecule has 18 heavy (non-hydrogen) atoms. The van der Waals surface area contributed by atoms with Gasteiger partial charge in [0.25, 0.3) is 0 Å². The van der Waals surface area contributed by atoms with E-state index in [-0.39, 0.29) is 17.9 Å². The van der Waals surface area contributed by atoms with Gasteiger partial charge < -0.3 is 21.2 Å². The Morgan fingerprint density at radius 1 is 1.50 bits per heavy atom. The highest BCUT2D eigenvalue weighted by Crippen LogP contribution is 2.27. The SMILES string of the molecule is Cc1nc([N+](=O)[O-])c(NC2CCCCC2N)n1C. The molecule has 0 radical (unpaired) electrons. The normalized spacial score (nSPS) is 23.9. The van der Waals surface area contributed by atoms with Crippen molar-refractivity contribution in [1.82, 2.24) is 9.55 Å². The molecule has 1 aliphatic rings. The standard InChI is InChI=1S/C11H19N5O2/c1-7-13-11(16(17)18)10(15(7)2)14-9-6-4-3-5-8(9)12/h8-9,14H,3-6,12H2,1-2H3. The quantitative estimate of drug-likeness (QED) is 0.625. The number of hydrogen-bond acceptors (Lipinski definition) is 5. The van der Waals surface area contributed by atoms with Gasteiger partial charge in [-0.2, -0.15) is 0 Å². The molecular formula is C11H19N5O2. The van der Waals surface area contributed by atoms with Crippen molar-refractivity contribution in [2.45, 2.75) is 44.7 Å². The summed E-state index contributed by atoms with van der Waals surface area (Å²) < 4.78 is 1.71. The van der Waals surface area contributed by atoms with E-state index in [0.29, 0.717) is 11.6 Å². The van der Waals surface area contributed by atoms with E-state index in [1.54, 1.807) is 18.5 Å². The van der Waals surface area contributed by atoms with Gasteiger partial charge in [-0.3, -0.25) is 4.57 Å². The van der Waals surface area contributed by atoms with Gasteiger partial charge in [0, 0.05) is 26.1 Å². The van der Waals surface area contributed by atoms with Gasteiger partial charge >= 0.3 is 5.82 Å². The van der Waals surface area contributed by atoms with Crippen LogP contribution in [0.15, 0.2) is 0 Å². The van der Waals surface area contributed by atoms with Gasteiger partial charge in [-0.1, -0.05) is 12.8 Å². The van der Waals surface area contributed by atoms with Crippen LogP contribution in [-0.4, -0.2) is 26.6 Å². The third-order valence-electron chi connectivity index (χ3n) is 3.61. The van der Waals surface area contributed by atoms with E-state index in [0.717, 1.165) is 25.7 Å². The molecule has 0 aliphatic heterocycles. The zero-order valence-corrected chi connectivity index (χ0v) is 10.7. The number of anilines is 1. The summed E-state index contributed by atoms with van der Waals surface area (Å²) in [6, 6.07) is 0.140. The van der Waals surface area contributed by atoms with Gasteiger partial charge in [0.15, 0.2) is 0 Å². The van der Waals surface area contributed by atoms with Gasteiger partial charge in [-0.25, -0.2) is 0 Å². The lowest BCUT2D eigenvalue weighted by molar-refractivity contribution is -0.388. The molecule has 1 fully saturated rings. The van der Waals surface area contributed by atoms with Crippen molar-refractivity contribution in [3.05, 3.63) is 15.9 Å². The molecule has 7 nitrogen and oxygen atoms in total. The van der Waals surface area contributed by atoms with Gasteiger partial charge in [0.05, 0.1) is 0 Å². The number of aromatic nitrogens is 2. The van der Waals surface area contributed by atoms with Crippen LogP contribution in [0.4, 0.5) is 11.6 Å². The van der Waals surface area contributed by atoms with Gasteiger partial charge in [0.1, 0.15) is 0 Å². The van der Waals surface area contributed by atoms with Crippen molar-refractivity contribution in [2.75, 3.05) is 5.32 Å². The van der Waals surface area contributed by atoms with Crippen molar-refractivity contribution in [3.63, 3.8) is 0 Å². The maximum Gasteiger partial charge on any atom is 0.406 e. The molecule has 3 N–H and O–H groups in total. The molecule has 100 valence electrons. The Morgan fingerprint density at radius 2 is 2.17 bits per heavy atom. The Kier molecular flexibility index (Phi) is 3.51. The minimum Gasteiger partial charge on any atom is -0.360 e. The van der Waals surface area contributed by atoms with Crippen molar-refractivity contribution < 1.29 is 4.92 Å². The molecule has 0 aromatic carbocycles. The summed E-state index contributed by atoms with van der Waals surface area (Å²) in [5, 5.41) is 14.2. The number of rotatable bonds is 3. The second-order valence-electron chi connectivity index (χ2n) is 4.85. The van der Waals surface area contributed by atoms with Crippen LogP contribution in [0.3, 0.4) is 0 Å². The van der Waals surface area contributed by atoms with Crippen LogP contribution in [0.2, 0.25) is 0 Å². The summed E-state index contributed by atoms with van der Waals surface area (Å²) in [4.78, 5) is 14.5. The zero-order valence-electron chi connectivity index (χ0n) is 10.7.